The Kier molecular flexibility index (Phi) is 4.27. The van der Waals surface area contributed by atoms with Crippen molar-refractivity contribution < 1.29 is 4.39 Å². The summed E-state index contributed by atoms with van der Waals surface area (Å²) in [6.07, 6.45) is 2.13. The molecule has 0 amide bonds. The average Bonchev–Trinajstić information content (AvgIpc) is 2.42. The number of hydrogen-bond donors (Lipinski definition) is 1. The maximum absolute atomic E-state index is 13.2. The summed E-state index contributed by atoms with van der Waals surface area (Å²) >= 11 is 6.03. The Morgan fingerprint density at radius 1 is 1.14 bits per heavy atom. The minimum Gasteiger partial charge on any atom is -0.307 e. The van der Waals surface area contributed by atoms with Crippen molar-refractivity contribution in [2.75, 3.05) is 0 Å². The molecule has 0 aliphatic heterocycles. The monoisotopic (exact) mass is 303 g/mol. The fraction of sp³-hybridized carbons (Fsp3) is 0.333. The summed E-state index contributed by atoms with van der Waals surface area (Å²) in [6.45, 7) is 2.15. The van der Waals surface area contributed by atoms with E-state index in [1.165, 1.54) is 11.6 Å². The van der Waals surface area contributed by atoms with Gasteiger partial charge in [-0.25, -0.2) is 4.39 Å². The van der Waals surface area contributed by atoms with E-state index >= 15 is 0 Å². The third-order valence-electron chi connectivity index (χ3n) is 4.29. The van der Waals surface area contributed by atoms with Gasteiger partial charge in [-0.15, -0.1) is 0 Å². The smallest absolute Gasteiger partial charge is 0.123 e. The van der Waals surface area contributed by atoms with E-state index in [0.717, 1.165) is 23.4 Å². The van der Waals surface area contributed by atoms with E-state index in [1.807, 2.05) is 24.3 Å². The van der Waals surface area contributed by atoms with Gasteiger partial charge in [-0.2, -0.15) is 0 Å². The number of halogens is 2. The zero-order valence-corrected chi connectivity index (χ0v) is 12.8. The van der Waals surface area contributed by atoms with Gasteiger partial charge in [0.15, 0.2) is 0 Å². The van der Waals surface area contributed by atoms with Gasteiger partial charge in [0.2, 0.25) is 0 Å². The molecule has 0 heterocycles. The van der Waals surface area contributed by atoms with Crippen LogP contribution in [0.2, 0.25) is 5.02 Å². The zero-order chi connectivity index (χ0) is 14.8. The molecule has 1 aliphatic carbocycles. The molecule has 2 aromatic carbocycles. The highest BCUT2D eigenvalue weighted by molar-refractivity contribution is 6.30. The van der Waals surface area contributed by atoms with Crippen molar-refractivity contribution in [2.45, 2.75) is 37.8 Å². The highest BCUT2D eigenvalue weighted by atomic mass is 35.5. The van der Waals surface area contributed by atoms with Crippen LogP contribution >= 0.6 is 11.6 Å². The predicted octanol–water partition coefficient (Wildman–Crippen LogP) is 5.08. The molecule has 21 heavy (non-hydrogen) atoms. The fourth-order valence-electron chi connectivity index (χ4n) is 3.01. The molecule has 1 fully saturated rings. The van der Waals surface area contributed by atoms with Gasteiger partial charge in [0.1, 0.15) is 5.82 Å². The molecule has 0 spiro atoms. The molecule has 0 radical (unpaired) electrons. The quantitative estimate of drug-likeness (QED) is 0.831. The molecule has 3 rings (SSSR count). The summed E-state index contributed by atoms with van der Waals surface area (Å²) < 4.78 is 13.2. The Hall–Kier alpha value is -1.38. The van der Waals surface area contributed by atoms with Crippen molar-refractivity contribution in [3.63, 3.8) is 0 Å². The lowest BCUT2D eigenvalue weighted by molar-refractivity contribution is 0.270. The summed E-state index contributed by atoms with van der Waals surface area (Å²) in [6, 6.07) is 15.7. The maximum atomic E-state index is 13.2. The lowest BCUT2D eigenvalue weighted by Gasteiger charge is -2.38. The molecule has 0 aromatic heterocycles. The fourth-order valence-corrected chi connectivity index (χ4v) is 3.21. The zero-order valence-electron chi connectivity index (χ0n) is 12.0. The van der Waals surface area contributed by atoms with Crippen molar-refractivity contribution >= 4 is 11.6 Å². The molecule has 3 heteroatoms. The van der Waals surface area contributed by atoms with Gasteiger partial charge in [-0.05, 0) is 61.1 Å². The van der Waals surface area contributed by atoms with Gasteiger partial charge >= 0.3 is 0 Å². The summed E-state index contributed by atoms with van der Waals surface area (Å²) in [5, 5.41) is 4.39. The van der Waals surface area contributed by atoms with E-state index in [1.54, 1.807) is 12.1 Å². The Bertz CT molecular complexity index is 622. The van der Waals surface area contributed by atoms with Gasteiger partial charge in [0.05, 0.1) is 0 Å². The van der Waals surface area contributed by atoms with Crippen LogP contribution in [0.25, 0.3) is 0 Å². The number of nitrogens with one attached hydrogen (secondary N) is 1. The highest BCUT2D eigenvalue weighted by Gasteiger charge is 2.31. The van der Waals surface area contributed by atoms with Crippen LogP contribution in [-0.2, 0) is 0 Å². The third-order valence-corrected chi connectivity index (χ3v) is 4.53. The van der Waals surface area contributed by atoms with Gasteiger partial charge in [-0.1, -0.05) is 35.9 Å². The Balaban J connectivity index is 1.55. The predicted molar refractivity (Wildman–Crippen MR) is 85.2 cm³/mol. The summed E-state index contributed by atoms with van der Waals surface area (Å²) in [4.78, 5) is 0. The van der Waals surface area contributed by atoms with Crippen molar-refractivity contribution in [2.24, 2.45) is 0 Å². The topological polar surface area (TPSA) is 12.0 Å². The molecule has 1 N–H and O–H groups in total. The van der Waals surface area contributed by atoms with Crippen LogP contribution in [0.5, 0.6) is 0 Å². The second kappa shape index (κ2) is 6.17. The molecular formula is C18H19ClFN. The maximum Gasteiger partial charge on any atom is 0.123 e. The van der Waals surface area contributed by atoms with Crippen LogP contribution in [0, 0.1) is 5.82 Å². The first kappa shape index (κ1) is 14.6. The van der Waals surface area contributed by atoms with E-state index in [0.29, 0.717) is 12.0 Å². The SMILES string of the molecule is CC(NC1CC(c2cccc(F)c2)C1)c1cccc(Cl)c1. The Morgan fingerprint density at radius 3 is 2.62 bits per heavy atom. The summed E-state index contributed by atoms with van der Waals surface area (Å²) in [5.74, 6) is 0.334. The van der Waals surface area contributed by atoms with E-state index in [2.05, 4.69) is 18.3 Å². The van der Waals surface area contributed by atoms with Crippen molar-refractivity contribution in [1.29, 1.82) is 0 Å². The van der Waals surface area contributed by atoms with Gasteiger partial charge in [0, 0.05) is 17.1 Å². The standard InChI is InChI=1S/C18H19ClFN/c1-12(13-4-2-6-16(19)8-13)21-18-10-15(11-18)14-5-3-7-17(20)9-14/h2-9,12,15,18,21H,10-11H2,1H3. The Morgan fingerprint density at radius 2 is 1.90 bits per heavy atom. The van der Waals surface area contributed by atoms with Crippen LogP contribution in [0.1, 0.15) is 42.9 Å². The van der Waals surface area contributed by atoms with Crippen LogP contribution in [0.15, 0.2) is 48.5 Å². The first-order valence-electron chi connectivity index (χ1n) is 7.39. The van der Waals surface area contributed by atoms with Crippen LogP contribution in [0.3, 0.4) is 0 Å². The number of hydrogen-bond acceptors (Lipinski definition) is 1. The largest absolute Gasteiger partial charge is 0.307 e. The van der Waals surface area contributed by atoms with E-state index in [4.69, 9.17) is 11.6 Å². The number of benzene rings is 2. The first-order valence-corrected chi connectivity index (χ1v) is 7.76. The van der Waals surface area contributed by atoms with Crippen molar-refractivity contribution in [3.05, 3.63) is 70.5 Å². The van der Waals surface area contributed by atoms with Crippen LogP contribution in [0.4, 0.5) is 4.39 Å². The molecule has 0 bridgehead atoms. The lowest BCUT2D eigenvalue weighted by Crippen LogP contribution is -2.41. The molecule has 110 valence electrons. The normalized spacial score (nSPS) is 22.6. The lowest BCUT2D eigenvalue weighted by atomic mass is 9.75. The molecule has 0 saturated heterocycles. The van der Waals surface area contributed by atoms with Gasteiger partial charge in [0.25, 0.3) is 0 Å². The highest BCUT2D eigenvalue weighted by Crippen LogP contribution is 2.38. The molecule has 1 atom stereocenters. The Labute approximate surface area is 130 Å². The number of rotatable bonds is 4. The molecule has 2 aromatic rings. The molecule has 1 nitrogen and oxygen atoms in total. The third kappa shape index (κ3) is 3.45. The summed E-state index contributed by atoms with van der Waals surface area (Å²) in [7, 11) is 0. The van der Waals surface area contributed by atoms with Crippen LogP contribution in [-0.4, -0.2) is 6.04 Å². The second-order valence-corrected chi connectivity index (χ2v) is 6.30. The van der Waals surface area contributed by atoms with Gasteiger partial charge < -0.3 is 5.32 Å². The van der Waals surface area contributed by atoms with E-state index < -0.39 is 0 Å². The summed E-state index contributed by atoms with van der Waals surface area (Å²) in [5.41, 5.74) is 2.32. The van der Waals surface area contributed by atoms with E-state index in [-0.39, 0.29) is 11.9 Å². The first-order chi connectivity index (χ1) is 10.1. The second-order valence-electron chi connectivity index (χ2n) is 5.86. The minimum atomic E-state index is -0.142. The van der Waals surface area contributed by atoms with Gasteiger partial charge in [-0.3, -0.25) is 0 Å². The average molecular weight is 304 g/mol. The molecular weight excluding hydrogens is 285 g/mol. The van der Waals surface area contributed by atoms with Crippen LogP contribution < -0.4 is 5.32 Å². The molecule has 1 aliphatic rings. The minimum absolute atomic E-state index is 0.142. The molecule has 1 unspecified atom stereocenters. The molecule has 1 saturated carbocycles. The van der Waals surface area contributed by atoms with Crippen molar-refractivity contribution in [1.82, 2.24) is 5.32 Å². The van der Waals surface area contributed by atoms with E-state index in [9.17, 15) is 4.39 Å². The van der Waals surface area contributed by atoms with Crippen molar-refractivity contribution in [3.8, 4) is 0 Å².